The number of carbonyl (C=O) groups is 1. The van der Waals surface area contributed by atoms with E-state index in [9.17, 15) is 4.79 Å². The molecule has 148 valence electrons. The second kappa shape index (κ2) is 9.28. The normalized spacial score (nSPS) is 13.5. The largest absolute Gasteiger partial charge is 0.489 e. The highest BCUT2D eigenvalue weighted by atomic mass is 16.6. The molecule has 0 aromatic heterocycles. The monoisotopic (exact) mass is 382 g/mol. The molecule has 0 radical (unpaired) electrons. The van der Waals surface area contributed by atoms with Crippen LogP contribution in [-0.2, 0) is 11.3 Å². The minimum absolute atomic E-state index is 0.0577. The highest BCUT2D eigenvalue weighted by molar-refractivity contribution is 5.95. The average Bonchev–Trinajstić information content (AvgIpc) is 2.75. The summed E-state index contributed by atoms with van der Waals surface area (Å²) in [6.07, 6.45) is 1.69. The van der Waals surface area contributed by atoms with Crippen LogP contribution in [0.3, 0.4) is 0 Å². The zero-order chi connectivity index (χ0) is 19.9. The second-order valence-electron chi connectivity index (χ2n) is 6.60. The van der Waals surface area contributed by atoms with Crippen molar-refractivity contribution in [2.75, 3.05) is 31.3 Å². The van der Waals surface area contributed by atoms with E-state index in [1.165, 1.54) is 0 Å². The van der Waals surface area contributed by atoms with Gasteiger partial charge in [0.1, 0.15) is 25.6 Å². The first-order valence-corrected chi connectivity index (χ1v) is 9.36. The first-order valence-electron chi connectivity index (χ1n) is 9.36. The van der Waals surface area contributed by atoms with Crippen LogP contribution in [-0.4, -0.2) is 32.3 Å². The average molecular weight is 382 g/mol. The van der Waals surface area contributed by atoms with E-state index in [4.69, 9.17) is 19.9 Å². The highest BCUT2D eigenvalue weighted by Crippen LogP contribution is 2.35. The van der Waals surface area contributed by atoms with Crippen LogP contribution in [0.4, 0.5) is 5.69 Å². The van der Waals surface area contributed by atoms with Gasteiger partial charge in [0.05, 0.1) is 6.54 Å². The number of ether oxygens (including phenoxy) is 3. The van der Waals surface area contributed by atoms with E-state index in [1.807, 2.05) is 49.4 Å². The molecule has 1 aliphatic heterocycles. The number of nitrogens with zero attached hydrogens (tertiary/aromatic N) is 1. The minimum Gasteiger partial charge on any atom is -0.489 e. The lowest BCUT2D eigenvalue weighted by Crippen LogP contribution is -2.37. The van der Waals surface area contributed by atoms with Gasteiger partial charge in [-0.25, -0.2) is 0 Å². The molecule has 28 heavy (non-hydrogen) atoms. The van der Waals surface area contributed by atoms with E-state index >= 15 is 0 Å². The van der Waals surface area contributed by atoms with Crippen LogP contribution < -0.4 is 24.8 Å². The van der Waals surface area contributed by atoms with E-state index in [1.54, 1.807) is 11.0 Å². The van der Waals surface area contributed by atoms with E-state index < -0.39 is 0 Å². The van der Waals surface area contributed by atoms with Crippen LogP contribution in [0, 0.1) is 5.92 Å². The first-order chi connectivity index (χ1) is 13.6. The molecule has 1 atom stereocenters. The SMILES string of the molecule is C=CCOc1ccccc1CN(C(=O)C(C)CN)c1ccc2c(c1)OCCO2. The number of fused-ring (bicyclic) bond motifs is 1. The molecule has 0 spiro atoms. The molecule has 0 fully saturated rings. The molecule has 0 bridgehead atoms. The van der Waals surface area contributed by atoms with Crippen molar-refractivity contribution >= 4 is 11.6 Å². The molecular weight excluding hydrogens is 356 g/mol. The van der Waals surface area contributed by atoms with Gasteiger partial charge in [-0.05, 0) is 18.2 Å². The highest BCUT2D eigenvalue weighted by Gasteiger charge is 2.24. The van der Waals surface area contributed by atoms with Crippen LogP contribution in [0.1, 0.15) is 12.5 Å². The number of hydrogen-bond acceptors (Lipinski definition) is 5. The van der Waals surface area contributed by atoms with Gasteiger partial charge in [0.15, 0.2) is 11.5 Å². The summed E-state index contributed by atoms with van der Waals surface area (Å²) in [5.41, 5.74) is 7.39. The molecule has 0 aliphatic carbocycles. The fraction of sp³-hybridized carbons (Fsp3) is 0.318. The number of carbonyl (C=O) groups excluding carboxylic acids is 1. The van der Waals surface area contributed by atoms with Crippen molar-refractivity contribution in [2.24, 2.45) is 11.7 Å². The topological polar surface area (TPSA) is 74.0 Å². The van der Waals surface area contributed by atoms with E-state index in [-0.39, 0.29) is 18.4 Å². The maximum absolute atomic E-state index is 13.1. The molecule has 2 N–H and O–H groups in total. The van der Waals surface area contributed by atoms with Crippen molar-refractivity contribution in [1.29, 1.82) is 0 Å². The van der Waals surface area contributed by atoms with E-state index in [0.717, 1.165) is 17.0 Å². The number of rotatable bonds is 8. The minimum atomic E-state index is -0.311. The first kappa shape index (κ1) is 19.8. The maximum Gasteiger partial charge on any atom is 0.231 e. The molecule has 1 aliphatic rings. The molecule has 2 aromatic rings. The lowest BCUT2D eigenvalue weighted by molar-refractivity contribution is -0.121. The summed E-state index contributed by atoms with van der Waals surface area (Å²) in [4.78, 5) is 14.8. The van der Waals surface area contributed by atoms with Gasteiger partial charge >= 0.3 is 0 Å². The lowest BCUT2D eigenvalue weighted by Gasteiger charge is -2.28. The second-order valence-corrected chi connectivity index (χ2v) is 6.60. The number of benzene rings is 2. The van der Waals surface area contributed by atoms with Crippen LogP contribution >= 0.6 is 0 Å². The molecule has 3 rings (SSSR count). The Kier molecular flexibility index (Phi) is 6.55. The maximum atomic E-state index is 13.1. The zero-order valence-electron chi connectivity index (χ0n) is 16.1. The Balaban J connectivity index is 1.94. The van der Waals surface area contributed by atoms with Crippen molar-refractivity contribution in [2.45, 2.75) is 13.5 Å². The Bertz CT molecular complexity index is 837. The van der Waals surface area contributed by atoms with Gasteiger partial charge in [-0.1, -0.05) is 37.8 Å². The van der Waals surface area contributed by atoms with E-state index in [0.29, 0.717) is 37.9 Å². The predicted octanol–water partition coefficient (Wildman–Crippen LogP) is 3.15. The van der Waals surface area contributed by atoms with Gasteiger partial charge in [0.25, 0.3) is 0 Å². The van der Waals surface area contributed by atoms with Crippen LogP contribution in [0.15, 0.2) is 55.1 Å². The van der Waals surface area contributed by atoms with Gasteiger partial charge in [-0.15, -0.1) is 0 Å². The molecule has 1 unspecified atom stereocenters. The smallest absolute Gasteiger partial charge is 0.231 e. The predicted molar refractivity (Wildman–Crippen MR) is 109 cm³/mol. The molecular formula is C22H26N2O4. The summed E-state index contributed by atoms with van der Waals surface area (Å²) in [5, 5.41) is 0. The summed E-state index contributed by atoms with van der Waals surface area (Å²) in [6, 6.07) is 13.2. The Morgan fingerprint density at radius 1 is 1.25 bits per heavy atom. The summed E-state index contributed by atoms with van der Waals surface area (Å²) in [6.45, 7) is 7.55. The van der Waals surface area contributed by atoms with Crippen molar-refractivity contribution < 1.29 is 19.0 Å². The third-order valence-electron chi connectivity index (χ3n) is 4.54. The zero-order valence-corrected chi connectivity index (χ0v) is 16.1. The van der Waals surface area contributed by atoms with Gasteiger partial charge in [0, 0.05) is 29.8 Å². The fourth-order valence-corrected chi connectivity index (χ4v) is 2.96. The molecule has 0 saturated carbocycles. The molecule has 0 saturated heterocycles. The molecule has 1 amide bonds. The Morgan fingerprint density at radius 2 is 2.00 bits per heavy atom. The number of nitrogens with two attached hydrogens (primary N) is 1. The van der Waals surface area contributed by atoms with Gasteiger partial charge in [0.2, 0.25) is 5.91 Å². The summed E-state index contributed by atoms with van der Waals surface area (Å²) < 4.78 is 17.0. The number of amides is 1. The number of para-hydroxylation sites is 1. The number of hydrogen-bond donors (Lipinski definition) is 1. The van der Waals surface area contributed by atoms with Crippen molar-refractivity contribution in [1.82, 2.24) is 0 Å². The van der Waals surface area contributed by atoms with Crippen LogP contribution in [0.2, 0.25) is 0 Å². The third-order valence-corrected chi connectivity index (χ3v) is 4.54. The summed E-state index contributed by atoms with van der Waals surface area (Å²) in [5.74, 6) is 1.67. The Labute approximate surface area is 165 Å². The summed E-state index contributed by atoms with van der Waals surface area (Å²) in [7, 11) is 0. The van der Waals surface area contributed by atoms with E-state index in [2.05, 4.69) is 6.58 Å². The van der Waals surface area contributed by atoms with Gasteiger partial charge in [-0.2, -0.15) is 0 Å². The van der Waals surface area contributed by atoms with Crippen LogP contribution in [0.25, 0.3) is 0 Å². The standard InChI is InChI=1S/C22H26N2O4/c1-3-10-26-19-7-5-4-6-17(19)15-24(22(25)16(2)14-23)18-8-9-20-21(13-18)28-12-11-27-20/h3-9,13,16H,1,10-12,14-15,23H2,2H3. The quantitative estimate of drug-likeness (QED) is 0.710. The molecule has 2 aromatic carbocycles. The van der Waals surface area contributed by atoms with Gasteiger partial charge < -0.3 is 24.8 Å². The summed E-state index contributed by atoms with van der Waals surface area (Å²) >= 11 is 0. The Hall–Kier alpha value is -2.99. The van der Waals surface area contributed by atoms with Crippen molar-refractivity contribution in [3.05, 3.63) is 60.7 Å². The molecule has 6 heteroatoms. The molecule has 6 nitrogen and oxygen atoms in total. The van der Waals surface area contributed by atoms with Gasteiger partial charge in [-0.3, -0.25) is 4.79 Å². The third kappa shape index (κ3) is 4.46. The van der Waals surface area contributed by atoms with Crippen molar-refractivity contribution in [3.8, 4) is 17.2 Å². The fourth-order valence-electron chi connectivity index (χ4n) is 2.96. The Morgan fingerprint density at radius 3 is 2.75 bits per heavy atom. The van der Waals surface area contributed by atoms with Crippen LogP contribution in [0.5, 0.6) is 17.2 Å². The lowest BCUT2D eigenvalue weighted by atomic mass is 10.1. The number of anilines is 1. The molecule has 1 heterocycles. The van der Waals surface area contributed by atoms with Crippen molar-refractivity contribution in [3.63, 3.8) is 0 Å².